The lowest BCUT2D eigenvalue weighted by molar-refractivity contribution is 0.111. The van der Waals surface area contributed by atoms with Crippen LogP contribution in [0.3, 0.4) is 0 Å². The molecule has 0 unspecified atom stereocenters. The average molecular weight is 214 g/mol. The second kappa shape index (κ2) is 5.35. The van der Waals surface area contributed by atoms with Gasteiger partial charge in [-0.3, -0.25) is 0 Å². The molecule has 1 aliphatic rings. The molecule has 0 heterocycles. The van der Waals surface area contributed by atoms with Gasteiger partial charge in [-0.1, -0.05) is 6.92 Å². The van der Waals surface area contributed by atoms with Gasteiger partial charge in [0.05, 0.1) is 12.1 Å². The minimum absolute atomic E-state index is 0.0385. The molecule has 1 fully saturated rings. The van der Waals surface area contributed by atoms with E-state index in [0.29, 0.717) is 12.5 Å². The molecule has 1 rings (SSSR count). The summed E-state index contributed by atoms with van der Waals surface area (Å²) in [5, 5.41) is 15.0. The first kappa shape index (κ1) is 12.3. The van der Waals surface area contributed by atoms with Crippen molar-refractivity contribution >= 4 is 6.03 Å². The fraction of sp³-hybridized carbons (Fsp3) is 0.909. The van der Waals surface area contributed by atoms with Crippen LogP contribution < -0.4 is 10.6 Å². The molecule has 0 saturated heterocycles. The van der Waals surface area contributed by atoms with Crippen molar-refractivity contribution in [2.45, 2.75) is 45.1 Å². The summed E-state index contributed by atoms with van der Waals surface area (Å²) in [5.41, 5.74) is -0.383. The number of hydrogen-bond donors (Lipinski definition) is 3. The van der Waals surface area contributed by atoms with E-state index in [9.17, 15) is 9.90 Å². The van der Waals surface area contributed by atoms with Crippen LogP contribution in [-0.4, -0.2) is 29.8 Å². The zero-order valence-corrected chi connectivity index (χ0v) is 9.68. The van der Waals surface area contributed by atoms with Crippen LogP contribution in [0.4, 0.5) is 4.79 Å². The van der Waals surface area contributed by atoms with Gasteiger partial charge in [0.2, 0.25) is 0 Å². The maximum atomic E-state index is 11.4. The van der Waals surface area contributed by atoms with Crippen molar-refractivity contribution in [2.24, 2.45) is 5.92 Å². The molecular formula is C11H22N2O2. The summed E-state index contributed by atoms with van der Waals surface area (Å²) in [4.78, 5) is 11.4. The van der Waals surface area contributed by atoms with Crippen LogP contribution >= 0.6 is 0 Å². The highest BCUT2D eigenvalue weighted by Gasteiger charge is 2.34. The Balaban J connectivity index is 2.49. The molecule has 1 saturated carbocycles. The van der Waals surface area contributed by atoms with Crippen LogP contribution in [0.25, 0.3) is 0 Å². The lowest BCUT2D eigenvalue weighted by Crippen LogP contribution is -2.56. The van der Waals surface area contributed by atoms with Gasteiger partial charge in [0.1, 0.15) is 0 Å². The van der Waals surface area contributed by atoms with Crippen LogP contribution in [0.2, 0.25) is 0 Å². The number of nitrogens with one attached hydrogen (secondary N) is 2. The predicted octanol–water partition coefficient (Wildman–Crippen LogP) is 1.25. The number of carbonyl (C=O) groups is 1. The summed E-state index contributed by atoms with van der Waals surface area (Å²) in [7, 11) is 0. The third kappa shape index (κ3) is 3.38. The molecule has 0 aliphatic heterocycles. The van der Waals surface area contributed by atoms with E-state index in [1.807, 2.05) is 6.92 Å². The normalized spacial score (nSPS) is 31.0. The summed E-state index contributed by atoms with van der Waals surface area (Å²) in [6.07, 6.45) is 3.91. The molecule has 88 valence electrons. The van der Waals surface area contributed by atoms with Gasteiger partial charge < -0.3 is 15.7 Å². The molecule has 1 aliphatic carbocycles. The molecule has 3 N–H and O–H groups in total. The number of aliphatic hydroxyl groups is 1. The zero-order chi connectivity index (χ0) is 11.3. The minimum Gasteiger partial charge on any atom is -0.394 e. The quantitative estimate of drug-likeness (QED) is 0.662. The lowest BCUT2D eigenvalue weighted by Gasteiger charge is -2.38. The molecule has 0 radical (unpaired) electrons. The Kier molecular flexibility index (Phi) is 4.39. The second-order valence-electron chi connectivity index (χ2n) is 4.61. The van der Waals surface area contributed by atoms with Gasteiger partial charge in [-0.05, 0) is 38.5 Å². The predicted molar refractivity (Wildman–Crippen MR) is 59.7 cm³/mol. The van der Waals surface area contributed by atoms with Crippen LogP contribution in [0, 0.1) is 5.92 Å². The van der Waals surface area contributed by atoms with Crippen LogP contribution in [0.5, 0.6) is 0 Å². The molecule has 15 heavy (non-hydrogen) atoms. The third-order valence-electron chi connectivity index (χ3n) is 3.25. The number of carbonyl (C=O) groups excluding carboxylic acids is 1. The smallest absolute Gasteiger partial charge is 0.315 e. The highest BCUT2D eigenvalue weighted by molar-refractivity contribution is 5.74. The van der Waals surface area contributed by atoms with E-state index in [1.165, 1.54) is 0 Å². The number of aliphatic hydroxyl groups excluding tert-OH is 1. The molecule has 4 nitrogen and oxygen atoms in total. The number of urea groups is 1. The monoisotopic (exact) mass is 214 g/mol. The number of rotatable bonds is 3. The van der Waals surface area contributed by atoms with E-state index in [-0.39, 0.29) is 18.2 Å². The first-order valence-electron chi connectivity index (χ1n) is 5.79. The van der Waals surface area contributed by atoms with Gasteiger partial charge in [-0.15, -0.1) is 0 Å². The largest absolute Gasteiger partial charge is 0.394 e. The summed E-state index contributed by atoms with van der Waals surface area (Å²) >= 11 is 0. The summed E-state index contributed by atoms with van der Waals surface area (Å²) in [6, 6.07) is -0.166. The molecule has 0 spiro atoms. The van der Waals surface area contributed by atoms with Crippen molar-refractivity contribution in [1.82, 2.24) is 10.6 Å². The highest BCUT2D eigenvalue weighted by Crippen LogP contribution is 2.31. The fourth-order valence-electron chi connectivity index (χ4n) is 2.08. The molecule has 0 aromatic heterocycles. The third-order valence-corrected chi connectivity index (χ3v) is 3.25. The van der Waals surface area contributed by atoms with Crippen molar-refractivity contribution < 1.29 is 9.90 Å². The summed E-state index contributed by atoms with van der Waals surface area (Å²) < 4.78 is 0. The fourth-order valence-corrected chi connectivity index (χ4v) is 2.08. The minimum atomic E-state index is -0.383. The van der Waals surface area contributed by atoms with Gasteiger partial charge in [-0.25, -0.2) is 4.79 Å². The molecule has 2 amide bonds. The molecule has 0 bridgehead atoms. The van der Waals surface area contributed by atoms with E-state index in [4.69, 9.17) is 0 Å². The average Bonchev–Trinajstić information content (AvgIpc) is 2.22. The lowest BCUT2D eigenvalue weighted by atomic mass is 9.77. The van der Waals surface area contributed by atoms with E-state index in [2.05, 4.69) is 17.6 Å². The Bertz CT molecular complexity index is 211. The van der Waals surface area contributed by atoms with Gasteiger partial charge in [0.25, 0.3) is 0 Å². The molecule has 0 atom stereocenters. The van der Waals surface area contributed by atoms with Crippen molar-refractivity contribution in [3.05, 3.63) is 0 Å². The van der Waals surface area contributed by atoms with Gasteiger partial charge in [0, 0.05) is 6.54 Å². The van der Waals surface area contributed by atoms with E-state index < -0.39 is 0 Å². The van der Waals surface area contributed by atoms with Crippen LogP contribution in [-0.2, 0) is 0 Å². The van der Waals surface area contributed by atoms with Gasteiger partial charge in [0.15, 0.2) is 0 Å². The molecular weight excluding hydrogens is 192 g/mol. The molecule has 0 aromatic carbocycles. The second-order valence-corrected chi connectivity index (χ2v) is 4.61. The number of amides is 2. The number of hydrogen-bond acceptors (Lipinski definition) is 2. The van der Waals surface area contributed by atoms with Crippen molar-refractivity contribution in [3.8, 4) is 0 Å². The van der Waals surface area contributed by atoms with E-state index in [1.54, 1.807) is 0 Å². The Morgan fingerprint density at radius 3 is 2.53 bits per heavy atom. The Morgan fingerprint density at radius 2 is 2.07 bits per heavy atom. The topological polar surface area (TPSA) is 61.4 Å². The molecule has 0 aromatic rings. The maximum absolute atomic E-state index is 11.4. The van der Waals surface area contributed by atoms with Gasteiger partial charge in [-0.2, -0.15) is 0 Å². The summed E-state index contributed by atoms with van der Waals surface area (Å²) in [6.45, 7) is 4.75. The molecule has 4 heteroatoms. The summed E-state index contributed by atoms with van der Waals surface area (Å²) in [5.74, 6) is 0.709. The van der Waals surface area contributed by atoms with E-state index >= 15 is 0 Å². The maximum Gasteiger partial charge on any atom is 0.315 e. The Hall–Kier alpha value is -0.770. The van der Waals surface area contributed by atoms with Gasteiger partial charge >= 0.3 is 6.03 Å². The van der Waals surface area contributed by atoms with Crippen molar-refractivity contribution in [1.29, 1.82) is 0 Å². The SMILES string of the molecule is CCNC(=O)NC1(CO)CCC(C)CC1. The van der Waals surface area contributed by atoms with Crippen LogP contribution in [0.15, 0.2) is 0 Å². The van der Waals surface area contributed by atoms with Crippen molar-refractivity contribution in [2.75, 3.05) is 13.2 Å². The van der Waals surface area contributed by atoms with Crippen LogP contribution in [0.1, 0.15) is 39.5 Å². The first-order chi connectivity index (χ1) is 7.12. The van der Waals surface area contributed by atoms with E-state index in [0.717, 1.165) is 25.7 Å². The Morgan fingerprint density at radius 1 is 1.47 bits per heavy atom. The first-order valence-corrected chi connectivity index (χ1v) is 5.79. The standard InChI is InChI=1S/C11H22N2O2/c1-3-12-10(15)13-11(8-14)6-4-9(2)5-7-11/h9,14H,3-8H2,1-2H3,(H2,12,13,15). The Labute approximate surface area is 91.4 Å². The van der Waals surface area contributed by atoms with Crippen molar-refractivity contribution in [3.63, 3.8) is 0 Å². The zero-order valence-electron chi connectivity index (χ0n) is 9.68. The highest BCUT2D eigenvalue weighted by atomic mass is 16.3.